The molecule has 0 spiro atoms. The lowest BCUT2D eigenvalue weighted by molar-refractivity contribution is 0.472. The molecule has 0 fully saturated rings. The zero-order valence-electron chi connectivity index (χ0n) is 12.0. The number of ether oxygens (including phenoxy) is 1. The minimum atomic E-state index is 0.349. The van der Waals surface area contributed by atoms with Crippen molar-refractivity contribution < 1.29 is 4.74 Å². The molecule has 0 saturated heterocycles. The molecule has 2 rings (SSSR count). The van der Waals surface area contributed by atoms with Crippen molar-refractivity contribution in [1.82, 2.24) is 0 Å². The van der Waals surface area contributed by atoms with Crippen LogP contribution in [0.5, 0.6) is 11.5 Å². The molecule has 2 aromatic carbocycles. The Labute approximate surface area is 125 Å². The SMILES string of the molecule is Cc1ccc(C(N)=S)c(Oc2ccccc2C(C)C)c1. The van der Waals surface area contributed by atoms with Crippen LogP contribution in [0.4, 0.5) is 0 Å². The monoisotopic (exact) mass is 285 g/mol. The second-order valence-electron chi connectivity index (χ2n) is 5.16. The molecule has 2 nitrogen and oxygen atoms in total. The zero-order chi connectivity index (χ0) is 14.7. The average Bonchev–Trinajstić information content (AvgIpc) is 2.38. The number of aryl methyl sites for hydroxylation is 1. The first-order chi connectivity index (χ1) is 9.49. The van der Waals surface area contributed by atoms with E-state index in [9.17, 15) is 0 Å². The van der Waals surface area contributed by atoms with Gasteiger partial charge in [-0.3, -0.25) is 0 Å². The fraction of sp³-hybridized carbons (Fsp3) is 0.235. The Balaban J connectivity index is 2.45. The average molecular weight is 285 g/mol. The summed E-state index contributed by atoms with van der Waals surface area (Å²) < 4.78 is 6.08. The number of rotatable bonds is 4. The van der Waals surface area contributed by atoms with Gasteiger partial charge in [0.15, 0.2) is 0 Å². The predicted molar refractivity (Wildman–Crippen MR) is 87.7 cm³/mol. The van der Waals surface area contributed by atoms with Gasteiger partial charge in [-0.2, -0.15) is 0 Å². The molecule has 0 aliphatic rings. The second-order valence-corrected chi connectivity index (χ2v) is 5.60. The molecule has 0 heterocycles. The number of benzene rings is 2. The third-order valence-corrected chi connectivity index (χ3v) is 3.38. The summed E-state index contributed by atoms with van der Waals surface area (Å²) in [5.41, 5.74) is 8.82. The van der Waals surface area contributed by atoms with E-state index in [1.807, 2.05) is 43.3 Å². The van der Waals surface area contributed by atoms with Crippen molar-refractivity contribution in [2.45, 2.75) is 26.7 Å². The summed E-state index contributed by atoms with van der Waals surface area (Å²) in [7, 11) is 0. The van der Waals surface area contributed by atoms with Gasteiger partial charge in [0.05, 0.1) is 5.56 Å². The van der Waals surface area contributed by atoms with Gasteiger partial charge in [-0.05, 0) is 42.2 Å². The molecule has 0 atom stereocenters. The number of nitrogens with two attached hydrogens (primary N) is 1. The fourth-order valence-corrected chi connectivity index (χ4v) is 2.26. The first-order valence-corrected chi connectivity index (χ1v) is 7.07. The first kappa shape index (κ1) is 14.5. The summed E-state index contributed by atoms with van der Waals surface area (Å²) >= 11 is 5.09. The Kier molecular flexibility index (Phi) is 4.40. The largest absolute Gasteiger partial charge is 0.456 e. The lowest BCUT2D eigenvalue weighted by Crippen LogP contribution is -2.11. The molecule has 0 aliphatic carbocycles. The van der Waals surface area contributed by atoms with E-state index >= 15 is 0 Å². The van der Waals surface area contributed by atoms with Crippen LogP contribution in [0.15, 0.2) is 42.5 Å². The molecular formula is C17H19NOS. The van der Waals surface area contributed by atoms with Crippen LogP contribution in [0.2, 0.25) is 0 Å². The van der Waals surface area contributed by atoms with Crippen molar-refractivity contribution in [2.24, 2.45) is 5.73 Å². The van der Waals surface area contributed by atoms with Crippen LogP contribution in [0.25, 0.3) is 0 Å². The molecule has 0 unspecified atom stereocenters. The molecule has 0 aromatic heterocycles. The van der Waals surface area contributed by atoms with Crippen LogP contribution in [-0.4, -0.2) is 4.99 Å². The first-order valence-electron chi connectivity index (χ1n) is 6.66. The molecule has 0 aliphatic heterocycles. The Morgan fingerprint density at radius 1 is 1.10 bits per heavy atom. The Morgan fingerprint density at radius 2 is 1.80 bits per heavy atom. The van der Waals surface area contributed by atoms with Gasteiger partial charge in [-0.15, -0.1) is 0 Å². The van der Waals surface area contributed by atoms with Gasteiger partial charge >= 0.3 is 0 Å². The molecule has 2 aromatic rings. The van der Waals surface area contributed by atoms with Gasteiger partial charge in [-0.1, -0.05) is 50.3 Å². The van der Waals surface area contributed by atoms with Gasteiger partial charge < -0.3 is 10.5 Å². The predicted octanol–water partition coefficient (Wildman–Crippen LogP) is 4.54. The number of para-hydroxylation sites is 1. The molecule has 20 heavy (non-hydrogen) atoms. The van der Waals surface area contributed by atoms with Gasteiger partial charge in [0.1, 0.15) is 16.5 Å². The zero-order valence-corrected chi connectivity index (χ0v) is 12.8. The summed E-state index contributed by atoms with van der Waals surface area (Å²) in [5, 5.41) is 0. The lowest BCUT2D eigenvalue weighted by Gasteiger charge is -2.16. The standard InChI is InChI=1S/C17H19NOS/c1-11(2)13-6-4-5-7-15(13)19-16-10-12(3)8-9-14(16)17(18)20/h4-11H,1-3H3,(H2,18,20). The van der Waals surface area contributed by atoms with E-state index in [4.69, 9.17) is 22.7 Å². The second kappa shape index (κ2) is 6.06. The summed E-state index contributed by atoms with van der Waals surface area (Å²) in [6, 6.07) is 13.9. The third kappa shape index (κ3) is 3.17. The number of hydrogen-bond acceptors (Lipinski definition) is 2. The maximum atomic E-state index is 6.08. The van der Waals surface area contributed by atoms with Crippen molar-refractivity contribution >= 4 is 17.2 Å². The van der Waals surface area contributed by atoms with Crippen molar-refractivity contribution in [3.63, 3.8) is 0 Å². The highest BCUT2D eigenvalue weighted by atomic mass is 32.1. The van der Waals surface area contributed by atoms with E-state index < -0.39 is 0 Å². The molecule has 0 radical (unpaired) electrons. The van der Waals surface area contributed by atoms with E-state index in [1.165, 1.54) is 5.56 Å². The summed E-state index contributed by atoms with van der Waals surface area (Å²) in [4.78, 5) is 0.349. The minimum absolute atomic E-state index is 0.349. The number of thiocarbonyl (C=S) groups is 1. The maximum absolute atomic E-state index is 6.08. The van der Waals surface area contributed by atoms with Crippen molar-refractivity contribution in [1.29, 1.82) is 0 Å². The van der Waals surface area contributed by atoms with Crippen molar-refractivity contribution in [3.05, 3.63) is 59.2 Å². The van der Waals surface area contributed by atoms with Crippen LogP contribution in [0.1, 0.15) is 36.5 Å². The van der Waals surface area contributed by atoms with Gasteiger partial charge in [0, 0.05) is 0 Å². The van der Waals surface area contributed by atoms with E-state index in [2.05, 4.69) is 19.9 Å². The van der Waals surface area contributed by atoms with Crippen LogP contribution >= 0.6 is 12.2 Å². The summed E-state index contributed by atoms with van der Waals surface area (Å²) in [5.74, 6) is 1.96. The van der Waals surface area contributed by atoms with Gasteiger partial charge in [0.2, 0.25) is 0 Å². The highest BCUT2D eigenvalue weighted by Gasteiger charge is 2.12. The van der Waals surface area contributed by atoms with Gasteiger partial charge in [0.25, 0.3) is 0 Å². The smallest absolute Gasteiger partial charge is 0.137 e. The topological polar surface area (TPSA) is 35.2 Å². The normalized spacial score (nSPS) is 10.6. The molecule has 2 N–H and O–H groups in total. The third-order valence-electron chi connectivity index (χ3n) is 3.16. The van der Waals surface area contributed by atoms with E-state index in [1.54, 1.807) is 0 Å². The molecule has 0 saturated carbocycles. The Morgan fingerprint density at radius 3 is 2.45 bits per heavy atom. The van der Waals surface area contributed by atoms with Gasteiger partial charge in [-0.25, -0.2) is 0 Å². The summed E-state index contributed by atoms with van der Waals surface area (Å²) in [6.07, 6.45) is 0. The van der Waals surface area contributed by atoms with Crippen LogP contribution in [0.3, 0.4) is 0 Å². The van der Waals surface area contributed by atoms with E-state index in [0.29, 0.717) is 16.7 Å². The Bertz CT molecular complexity index is 635. The van der Waals surface area contributed by atoms with E-state index in [-0.39, 0.29) is 0 Å². The molecule has 3 heteroatoms. The quantitative estimate of drug-likeness (QED) is 0.837. The fourth-order valence-electron chi connectivity index (χ4n) is 2.09. The van der Waals surface area contributed by atoms with Crippen molar-refractivity contribution in [3.8, 4) is 11.5 Å². The van der Waals surface area contributed by atoms with Crippen LogP contribution in [0, 0.1) is 6.92 Å². The minimum Gasteiger partial charge on any atom is -0.456 e. The molecule has 104 valence electrons. The highest BCUT2D eigenvalue weighted by molar-refractivity contribution is 7.80. The molecular weight excluding hydrogens is 266 g/mol. The Hall–Kier alpha value is -1.87. The maximum Gasteiger partial charge on any atom is 0.137 e. The lowest BCUT2D eigenvalue weighted by atomic mass is 10.0. The summed E-state index contributed by atoms with van der Waals surface area (Å²) in [6.45, 7) is 6.31. The van der Waals surface area contributed by atoms with Crippen molar-refractivity contribution in [2.75, 3.05) is 0 Å². The van der Waals surface area contributed by atoms with Crippen LogP contribution < -0.4 is 10.5 Å². The van der Waals surface area contributed by atoms with Crippen LogP contribution in [-0.2, 0) is 0 Å². The number of hydrogen-bond donors (Lipinski definition) is 1. The molecule has 0 bridgehead atoms. The van der Waals surface area contributed by atoms with E-state index in [0.717, 1.165) is 16.9 Å². The highest BCUT2D eigenvalue weighted by Crippen LogP contribution is 2.32. The molecule has 0 amide bonds.